The second kappa shape index (κ2) is 5.41. The van der Waals surface area contributed by atoms with Crippen LogP contribution >= 0.6 is 0 Å². The summed E-state index contributed by atoms with van der Waals surface area (Å²) < 4.78 is 17.8. The first-order valence-corrected chi connectivity index (χ1v) is 4.56. The van der Waals surface area contributed by atoms with E-state index in [0.29, 0.717) is 5.56 Å². The van der Waals surface area contributed by atoms with E-state index in [2.05, 4.69) is 9.72 Å². The maximum Gasteiger partial charge on any atom is 0.306 e. The number of rotatable bonds is 4. The predicted octanol–water partition coefficient (Wildman–Crippen LogP) is 0.826. The molecule has 0 saturated heterocycles. The number of hydrogen-bond donors (Lipinski definition) is 1. The van der Waals surface area contributed by atoms with Crippen LogP contribution in [-0.4, -0.2) is 24.6 Å². The SMILES string of the molecule is COC(=O)CC(CN)c1cccnc1F. The number of nitrogens with zero attached hydrogens (tertiary/aromatic N) is 1. The Hall–Kier alpha value is -1.49. The Labute approximate surface area is 87.3 Å². The molecule has 0 aliphatic heterocycles. The van der Waals surface area contributed by atoms with E-state index >= 15 is 0 Å². The number of methoxy groups -OCH3 is 1. The molecular formula is C10H13FN2O2. The van der Waals surface area contributed by atoms with Crippen molar-refractivity contribution in [3.05, 3.63) is 29.8 Å². The lowest BCUT2D eigenvalue weighted by Gasteiger charge is -2.13. The molecule has 0 saturated carbocycles. The van der Waals surface area contributed by atoms with Crippen LogP contribution in [0.2, 0.25) is 0 Å². The highest BCUT2D eigenvalue weighted by molar-refractivity contribution is 5.70. The first-order chi connectivity index (χ1) is 7.19. The van der Waals surface area contributed by atoms with E-state index in [-0.39, 0.29) is 18.9 Å². The van der Waals surface area contributed by atoms with Gasteiger partial charge in [0.1, 0.15) is 0 Å². The van der Waals surface area contributed by atoms with Gasteiger partial charge in [0.2, 0.25) is 5.95 Å². The van der Waals surface area contributed by atoms with Crippen LogP contribution in [0.3, 0.4) is 0 Å². The number of esters is 1. The van der Waals surface area contributed by atoms with Gasteiger partial charge in [0.25, 0.3) is 0 Å². The fraction of sp³-hybridized carbons (Fsp3) is 0.400. The molecule has 0 amide bonds. The zero-order valence-corrected chi connectivity index (χ0v) is 8.44. The lowest BCUT2D eigenvalue weighted by atomic mass is 9.97. The summed E-state index contributed by atoms with van der Waals surface area (Å²) in [5.74, 6) is -1.38. The number of nitrogens with two attached hydrogens (primary N) is 1. The van der Waals surface area contributed by atoms with Crippen LogP contribution < -0.4 is 5.73 Å². The molecule has 1 rings (SSSR count). The molecule has 4 nitrogen and oxygen atoms in total. The molecule has 0 bridgehead atoms. The van der Waals surface area contributed by atoms with Gasteiger partial charge in [-0.05, 0) is 12.6 Å². The highest BCUT2D eigenvalue weighted by Gasteiger charge is 2.18. The minimum atomic E-state index is -0.586. The second-order valence-electron chi connectivity index (χ2n) is 3.10. The summed E-state index contributed by atoms with van der Waals surface area (Å²) in [6, 6.07) is 3.18. The maximum absolute atomic E-state index is 13.3. The van der Waals surface area contributed by atoms with E-state index in [1.165, 1.54) is 13.3 Å². The van der Waals surface area contributed by atoms with Gasteiger partial charge in [-0.3, -0.25) is 4.79 Å². The minimum absolute atomic E-state index is 0.0651. The fourth-order valence-corrected chi connectivity index (χ4v) is 1.31. The average Bonchev–Trinajstić information content (AvgIpc) is 2.26. The van der Waals surface area contributed by atoms with Crippen LogP contribution in [0, 0.1) is 5.95 Å². The number of pyridine rings is 1. The first kappa shape index (κ1) is 11.6. The summed E-state index contributed by atoms with van der Waals surface area (Å²) in [6.07, 6.45) is 1.42. The number of carbonyl (C=O) groups excluding carboxylic acids is 1. The molecule has 0 aromatic carbocycles. The van der Waals surface area contributed by atoms with Crippen LogP contribution in [0.1, 0.15) is 17.9 Å². The largest absolute Gasteiger partial charge is 0.469 e. The van der Waals surface area contributed by atoms with E-state index in [4.69, 9.17) is 5.73 Å². The van der Waals surface area contributed by atoms with Crippen molar-refractivity contribution >= 4 is 5.97 Å². The Bertz CT molecular complexity index is 344. The molecule has 1 aromatic rings. The van der Waals surface area contributed by atoms with Gasteiger partial charge in [0.15, 0.2) is 0 Å². The second-order valence-corrected chi connectivity index (χ2v) is 3.10. The van der Waals surface area contributed by atoms with Crippen molar-refractivity contribution in [2.24, 2.45) is 5.73 Å². The monoisotopic (exact) mass is 212 g/mol. The number of ether oxygens (including phenoxy) is 1. The van der Waals surface area contributed by atoms with Gasteiger partial charge in [-0.15, -0.1) is 0 Å². The number of aromatic nitrogens is 1. The average molecular weight is 212 g/mol. The number of hydrogen-bond acceptors (Lipinski definition) is 4. The Balaban J connectivity index is 2.83. The third-order valence-corrected chi connectivity index (χ3v) is 2.15. The zero-order chi connectivity index (χ0) is 11.3. The van der Waals surface area contributed by atoms with Crippen molar-refractivity contribution in [3.63, 3.8) is 0 Å². The molecule has 1 unspecified atom stereocenters. The van der Waals surface area contributed by atoms with Gasteiger partial charge in [-0.2, -0.15) is 4.39 Å². The molecule has 15 heavy (non-hydrogen) atoms. The van der Waals surface area contributed by atoms with Crippen LogP contribution in [-0.2, 0) is 9.53 Å². The molecule has 1 atom stereocenters. The summed E-state index contributed by atoms with van der Waals surface area (Å²) in [5.41, 5.74) is 5.83. The Morgan fingerprint density at radius 3 is 3.00 bits per heavy atom. The highest BCUT2D eigenvalue weighted by atomic mass is 19.1. The van der Waals surface area contributed by atoms with Crippen LogP contribution in [0.25, 0.3) is 0 Å². The summed E-state index contributed by atoms with van der Waals surface area (Å²) in [5, 5.41) is 0. The lowest BCUT2D eigenvalue weighted by molar-refractivity contribution is -0.141. The molecule has 0 aliphatic rings. The molecule has 82 valence electrons. The van der Waals surface area contributed by atoms with Gasteiger partial charge in [0.05, 0.1) is 13.5 Å². The number of halogens is 1. The van der Waals surface area contributed by atoms with E-state index in [0.717, 1.165) is 0 Å². The van der Waals surface area contributed by atoms with Gasteiger partial charge in [-0.1, -0.05) is 6.07 Å². The first-order valence-electron chi connectivity index (χ1n) is 4.56. The number of carbonyl (C=O) groups is 1. The molecular weight excluding hydrogens is 199 g/mol. The van der Waals surface area contributed by atoms with Crippen LogP contribution in [0.15, 0.2) is 18.3 Å². The Morgan fingerprint density at radius 1 is 1.73 bits per heavy atom. The minimum Gasteiger partial charge on any atom is -0.469 e. The molecule has 0 spiro atoms. The molecule has 2 N–H and O–H groups in total. The molecule has 0 radical (unpaired) electrons. The van der Waals surface area contributed by atoms with Crippen molar-refractivity contribution in [1.82, 2.24) is 4.98 Å². The Morgan fingerprint density at radius 2 is 2.47 bits per heavy atom. The summed E-state index contributed by atoms with van der Waals surface area (Å²) in [4.78, 5) is 14.6. The van der Waals surface area contributed by atoms with Crippen molar-refractivity contribution in [1.29, 1.82) is 0 Å². The molecule has 5 heteroatoms. The standard InChI is InChI=1S/C10H13FN2O2/c1-15-9(14)5-7(6-12)8-3-2-4-13-10(8)11/h2-4,7H,5-6,12H2,1H3. The summed E-state index contributed by atoms with van der Waals surface area (Å²) in [6.45, 7) is 0.178. The zero-order valence-electron chi connectivity index (χ0n) is 8.44. The summed E-state index contributed by atoms with van der Waals surface area (Å²) >= 11 is 0. The maximum atomic E-state index is 13.3. The van der Waals surface area contributed by atoms with Crippen molar-refractivity contribution in [3.8, 4) is 0 Å². The third kappa shape index (κ3) is 2.99. The highest BCUT2D eigenvalue weighted by Crippen LogP contribution is 2.20. The van der Waals surface area contributed by atoms with Gasteiger partial charge in [0, 0.05) is 17.7 Å². The molecule has 0 fully saturated rings. The van der Waals surface area contributed by atoms with Crippen LogP contribution in [0.5, 0.6) is 0 Å². The fourth-order valence-electron chi connectivity index (χ4n) is 1.31. The molecule has 0 aliphatic carbocycles. The third-order valence-electron chi connectivity index (χ3n) is 2.15. The van der Waals surface area contributed by atoms with Gasteiger partial charge in [-0.25, -0.2) is 4.98 Å². The van der Waals surface area contributed by atoms with E-state index in [1.807, 2.05) is 0 Å². The van der Waals surface area contributed by atoms with Crippen molar-refractivity contribution in [2.75, 3.05) is 13.7 Å². The Kier molecular flexibility index (Phi) is 4.17. The smallest absolute Gasteiger partial charge is 0.306 e. The quantitative estimate of drug-likeness (QED) is 0.593. The lowest BCUT2D eigenvalue weighted by Crippen LogP contribution is -2.18. The summed E-state index contributed by atoms with van der Waals surface area (Å²) in [7, 11) is 1.29. The van der Waals surface area contributed by atoms with E-state index in [9.17, 15) is 9.18 Å². The normalized spacial score (nSPS) is 12.2. The molecule has 1 aromatic heterocycles. The van der Waals surface area contributed by atoms with Crippen molar-refractivity contribution in [2.45, 2.75) is 12.3 Å². The topological polar surface area (TPSA) is 65.2 Å². The predicted molar refractivity (Wildman–Crippen MR) is 52.6 cm³/mol. The van der Waals surface area contributed by atoms with E-state index < -0.39 is 11.9 Å². The van der Waals surface area contributed by atoms with E-state index in [1.54, 1.807) is 12.1 Å². The van der Waals surface area contributed by atoms with Crippen molar-refractivity contribution < 1.29 is 13.9 Å². The van der Waals surface area contributed by atoms with Crippen LogP contribution in [0.4, 0.5) is 4.39 Å². The molecule has 1 heterocycles. The van der Waals surface area contributed by atoms with Gasteiger partial charge >= 0.3 is 5.97 Å². The van der Waals surface area contributed by atoms with Gasteiger partial charge < -0.3 is 10.5 Å².